The van der Waals surface area contributed by atoms with Crippen molar-refractivity contribution in [2.75, 3.05) is 0 Å². The number of hydrogen-bond acceptors (Lipinski definition) is 2. The van der Waals surface area contributed by atoms with Crippen LogP contribution in [0.25, 0.3) is 5.69 Å². The van der Waals surface area contributed by atoms with E-state index in [4.69, 9.17) is 0 Å². The summed E-state index contributed by atoms with van der Waals surface area (Å²) in [5, 5.41) is 4.73. The van der Waals surface area contributed by atoms with Crippen LogP contribution in [0.5, 0.6) is 0 Å². The van der Waals surface area contributed by atoms with Gasteiger partial charge in [-0.05, 0) is 25.1 Å². The highest BCUT2D eigenvalue weighted by Crippen LogP contribution is 2.02. The third-order valence-electron chi connectivity index (χ3n) is 2.32. The molecule has 1 amide bonds. The highest BCUT2D eigenvalue weighted by atomic mass is 16.1. The largest absolute Gasteiger partial charge is 0.272 e. The monoisotopic (exact) mass is 239 g/mol. The smallest absolute Gasteiger partial charge is 0.267 e. The molecule has 2 rings (SSSR count). The molecule has 0 saturated heterocycles. The van der Waals surface area contributed by atoms with Crippen molar-refractivity contribution >= 4 is 5.91 Å². The lowest BCUT2D eigenvalue weighted by atomic mass is 10.3. The number of amides is 1. The van der Waals surface area contributed by atoms with Crippen molar-refractivity contribution in [2.45, 2.75) is 6.92 Å². The van der Waals surface area contributed by atoms with E-state index in [2.05, 4.69) is 16.7 Å². The first-order chi connectivity index (χ1) is 8.66. The number of aromatic nitrogens is 2. The minimum absolute atomic E-state index is 0.325. The first-order valence-electron chi connectivity index (χ1n) is 5.52. The molecule has 1 heterocycles. The zero-order chi connectivity index (χ0) is 13.0. The van der Waals surface area contributed by atoms with Crippen molar-refractivity contribution in [3.05, 3.63) is 66.3 Å². The van der Waals surface area contributed by atoms with Crippen molar-refractivity contribution in [1.82, 2.24) is 9.78 Å². The minimum Gasteiger partial charge on any atom is -0.267 e. The van der Waals surface area contributed by atoms with E-state index in [1.54, 1.807) is 30.1 Å². The van der Waals surface area contributed by atoms with Gasteiger partial charge in [-0.15, -0.1) is 0 Å². The molecule has 18 heavy (non-hydrogen) atoms. The summed E-state index contributed by atoms with van der Waals surface area (Å²) in [4.78, 5) is 15.2. The summed E-state index contributed by atoms with van der Waals surface area (Å²) >= 11 is 0. The number of hydrogen-bond donors (Lipinski definition) is 0. The minimum atomic E-state index is -0.325. The Balaban J connectivity index is 2.32. The predicted octanol–water partition coefficient (Wildman–Crippen LogP) is 1.88. The van der Waals surface area contributed by atoms with E-state index in [-0.39, 0.29) is 5.91 Å². The molecule has 0 N–H and O–H groups in total. The molecule has 0 aliphatic carbocycles. The second-order valence-corrected chi connectivity index (χ2v) is 3.86. The normalized spacial score (nSPS) is 11.3. The van der Waals surface area contributed by atoms with E-state index in [0.29, 0.717) is 10.9 Å². The van der Waals surface area contributed by atoms with Gasteiger partial charge in [-0.3, -0.25) is 4.79 Å². The molecule has 2 aromatic rings. The topological polar surface area (TPSA) is 47.2 Å². The maximum atomic E-state index is 11.4. The second-order valence-electron chi connectivity index (χ2n) is 3.86. The lowest BCUT2D eigenvalue weighted by molar-refractivity contribution is -0.114. The fourth-order valence-corrected chi connectivity index (χ4v) is 1.36. The van der Waals surface area contributed by atoms with Gasteiger partial charge in [0, 0.05) is 11.8 Å². The molecule has 0 aliphatic heterocycles. The lowest BCUT2D eigenvalue weighted by Gasteiger charge is -2.03. The Bertz CT molecular complexity index is 621. The summed E-state index contributed by atoms with van der Waals surface area (Å²) in [7, 11) is 0. The Morgan fingerprint density at radius 2 is 2.00 bits per heavy atom. The summed E-state index contributed by atoms with van der Waals surface area (Å²) in [6.45, 7) is 5.18. The Hall–Kier alpha value is -2.49. The molecule has 1 aromatic heterocycles. The quantitative estimate of drug-likeness (QED) is 0.751. The molecule has 0 radical (unpaired) electrons. The maximum absolute atomic E-state index is 11.4. The summed E-state index contributed by atoms with van der Waals surface area (Å²) in [5.41, 5.74) is 1.37. The number of rotatable bonds is 2. The highest BCUT2D eigenvalue weighted by Gasteiger charge is 1.98. The third-order valence-corrected chi connectivity index (χ3v) is 2.32. The van der Waals surface area contributed by atoms with Gasteiger partial charge in [0.05, 0.1) is 17.2 Å². The first kappa shape index (κ1) is 12.0. The van der Waals surface area contributed by atoms with Crippen LogP contribution < -0.4 is 5.36 Å². The molecule has 0 bridgehead atoms. The Labute approximate surface area is 105 Å². The molecular formula is C14H13N3O. The zero-order valence-corrected chi connectivity index (χ0v) is 10.1. The summed E-state index contributed by atoms with van der Waals surface area (Å²) in [6, 6.07) is 11.5. The molecular weight excluding hydrogens is 226 g/mol. The number of nitrogens with zero attached hydrogens (tertiary/aromatic N) is 3. The van der Waals surface area contributed by atoms with Crippen LogP contribution in [0.15, 0.2) is 65.9 Å². The van der Waals surface area contributed by atoms with Gasteiger partial charge >= 0.3 is 0 Å². The molecule has 4 heteroatoms. The summed E-state index contributed by atoms with van der Waals surface area (Å²) in [5.74, 6) is -0.325. The fraction of sp³-hybridized carbons (Fsp3) is 0.0714. The van der Waals surface area contributed by atoms with Crippen LogP contribution >= 0.6 is 0 Å². The first-order valence-corrected chi connectivity index (χ1v) is 5.52. The average molecular weight is 239 g/mol. The molecule has 0 aliphatic rings. The molecule has 0 spiro atoms. The van der Waals surface area contributed by atoms with Crippen LogP contribution in [0.1, 0.15) is 6.92 Å². The molecule has 0 saturated carbocycles. The van der Waals surface area contributed by atoms with E-state index in [0.717, 1.165) is 5.69 Å². The molecule has 1 aromatic carbocycles. The van der Waals surface area contributed by atoms with Crippen LogP contribution in [-0.4, -0.2) is 15.7 Å². The number of carbonyl (C=O) groups is 1. The number of carbonyl (C=O) groups excluding carboxylic acids is 1. The van der Waals surface area contributed by atoms with Crippen LogP contribution in [0.3, 0.4) is 0 Å². The van der Waals surface area contributed by atoms with Crippen LogP contribution in [-0.2, 0) is 4.79 Å². The number of benzene rings is 1. The summed E-state index contributed by atoms with van der Waals surface area (Å²) < 4.78 is 1.71. The van der Waals surface area contributed by atoms with Crippen LogP contribution in [0.2, 0.25) is 0 Å². The third kappa shape index (κ3) is 2.79. The standard InChI is InChI=1S/C14H13N3O/c1-11(2)14(18)16-12-8-9-17(15-10-12)13-6-4-3-5-7-13/h3-10H,1H2,2H3/b16-12+. The van der Waals surface area contributed by atoms with Crippen LogP contribution in [0.4, 0.5) is 0 Å². The Morgan fingerprint density at radius 1 is 1.28 bits per heavy atom. The van der Waals surface area contributed by atoms with Gasteiger partial charge in [-0.1, -0.05) is 24.8 Å². The van der Waals surface area contributed by atoms with Crippen molar-refractivity contribution in [2.24, 2.45) is 4.99 Å². The van der Waals surface area contributed by atoms with Crippen molar-refractivity contribution in [1.29, 1.82) is 0 Å². The van der Waals surface area contributed by atoms with Gasteiger partial charge in [0.25, 0.3) is 5.91 Å². The SMILES string of the molecule is C=C(C)C(=O)/N=c1\ccn(-c2ccccc2)nc1. The molecule has 4 nitrogen and oxygen atoms in total. The Morgan fingerprint density at radius 3 is 2.56 bits per heavy atom. The van der Waals surface area contributed by atoms with Gasteiger partial charge in [-0.2, -0.15) is 5.10 Å². The van der Waals surface area contributed by atoms with E-state index >= 15 is 0 Å². The van der Waals surface area contributed by atoms with E-state index in [1.165, 1.54) is 0 Å². The molecule has 0 unspecified atom stereocenters. The van der Waals surface area contributed by atoms with E-state index in [1.807, 2.05) is 30.3 Å². The lowest BCUT2D eigenvalue weighted by Crippen LogP contribution is -2.11. The van der Waals surface area contributed by atoms with Crippen molar-refractivity contribution in [3.8, 4) is 5.69 Å². The number of para-hydroxylation sites is 1. The average Bonchev–Trinajstić information content (AvgIpc) is 2.40. The molecule has 0 fully saturated rings. The highest BCUT2D eigenvalue weighted by molar-refractivity contribution is 5.92. The van der Waals surface area contributed by atoms with Crippen LogP contribution in [0, 0.1) is 0 Å². The van der Waals surface area contributed by atoms with Crippen molar-refractivity contribution in [3.63, 3.8) is 0 Å². The van der Waals surface area contributed by atoms with Gasteiger partial charge in [-0.25, -0.2) is 9.67 Å². The van der Waals surface area contributed by atoms with Gasteiger partial charge in [0.15, 0.2) is 0 Å². The van der Waals surface area contributed by atoms with E-state index in [9.17, 15) is 4.79 Å². The fourth-order valence-electron chi connectivity index (χ4n) is 1.36. The van der Waals surface area contributed by atoms with Gasteiger partial charge < -0.3 is 0 Å². The van der Waals surface area contributed by atoms with Gasteiger partial charge in [0.2, 0.25) is 0 Å². The predicted molar refractivity (Wildman–Crippen MR) is 68.9 cm³/mol. The molecule has 90 valence electrons. The Kier molecular flexibility index (Phi) is 3.48. The zero-order valence-electron chi connectivity index (χ0n) is 10.1. The van der Waals surface area contributed by atoms with E-state index < -0.39 is 0 Å². The second kappa shape index (κ2) is 5.23. The van der Waals surface area contributed by atoms with Gasteiger partial charge in [0.1, 0.15) is 0 Å². The summed E-state index contributed by atoms with van der Waals surface area (Å²) in [6.07, 6.45) is 3.31. The molecule has 0 atom stereocenters. The maximum Gasteiger partial charge on any atom is 0.272 e. The van der Waals surface area contributed by atoms with Crippen molar-refractivity contribution < 1.29 is 4.79 Å².